The van der Waals surface area contributed by atoms with Crippen LogP contribution in [0.4, 0.5) is 4.79 Å². The van der Waals surface area contributed by atoms with E-state index < -0.39 is 29.8 Å². The van der Waals surface area contributed by atoms with Crippen LogP contribution in [0.2, 0.25) is 0 Å². The zero-order valence-electron chi connectivity index (χ0n) is 14.3. The summed E-state index contributed by atoms with van der Waals surface area (Å²) in [6.07, 6.45) is -0.646. The Morgan fingerprint density at radius 1 is 1.31 bits per heavy atom. The molecule has 1 N–H and O–H groups in total. The number of benzene rings is 1. The van der Waals surface area contributed by atoms with E-state index in [1.165, 1.54) is 11.5 Å². The van der Waals surface area contributed by atoms with E-state index in [1.807, 2.05) is 0 Å². The second kappa shape index (κ2) is 7.42. The zero-order valence-corrected chi connectivity index (χ0v) is 14.3. The van der Waals surface area contributed by atoms with Gasteiger partial charge in [0.15, 0.2) is 11.7 Å². The summed E-state index contributed by atoms with van der Waals surface area (Å²) in [7, 11) is 0. The molecule has 9 nitrogen and oxygen atoms in total. The molecule has 3 amide bonds. The third-order valence-corrected chi connectivity index (χ3v) is 4.12. The number of nitrogens with zero attached hydrogens (tertiary/aromatic N) is 2. The molecule has 0 radical (unpaired) electrons. The monoisotopic (exact) mass is 361 g/mol. The summed E-state index contributed by atoms with van der Waals surface area (Å²) in [5, 5.41) is 2.51. The van der Waals surface area contributed by atoms with Crippen molar-refractivity contribution in [1.29, 1.82) is 0 Å². The normalized spacial score (nSPS) is 15.1. The maximum Gasteiger partial charge on any atom is 0.419 e. The van der Waals surface area contributed by atoms with Crippen molar-refractivity contribution in [2.45, 2.75) is 32.4 Å². The first kappa shape index (κ1) is 17.7. The lowest BCUT2D eigenvalue weighted by Gasteiger charge is -2.18. The molecule has 138 valence electrons. The average Bonchev–Trinajstić information content (AvgIpc) is 3.17. The highest BCUT2D eigenvalue weighted by atomic mass is 16.5. The summed E-state index contributed by atoms with van der Waals surface area (Å²) in [6.45, 7) is 2.37. The predicted molar refractivity (Wildman–Crippen MR) is 90.4 cm³/mol. The summed E-state index contributed by atoms with van der Waals surface area (Å²) in [5.74, 6) is -1.60. The van der Waals surface area contributed by atoms with E-state index in [0.29, 0.717) is 30.6 Å². The smallest absolute Gasteiger partial charge is 0.419 e. The fraction of sp³-hybridized carbons (Fsp3) is 0.412. The molecule has 3 rings (SSSR count). The molecule has 1 aliphatic rings. The number of amides is 3. The molecule has 0 spiro atoms. The Morgan fingerprint density at radius 2 is 2.08 bits per heavy atom. The Hall–Kier alpha value is -3.10. The minimum Gasteiger partial charge on any atom is -0.453 e. The SMILES string of the molecule is CC(OC(=O)CCCn1c(=O)oc2ccccc21)C(=O)N1CCNC1=O. The minimum absolute atomic E-state index is 0.0375. The van der Waals surface area contributed by atoms with Crippen molar-refractivity contribution < 1.29 is 23.5 Å². The Morgan fingerprint density at radius 3 is 2.81 bits per heavy atom. The highest BCUT2D eigenvalue weighted by Gasteiger charge is 2.31. The third-order valence-electron chi connectivity index (χ3n) is 4.12. The van der Waals surface area contributed by atoms with Crippen LogP contribution >= 0.6 is 0 Å². The van der Waals surface area contributed by atoms with E-state index in [1.54, 1.807) is 24.3 Å². The van der Waals surface area contributed by atoms with Gasteiger partial charge in [-0.1, -0.05) is 12.1 Å². The van der Waals surface area contributed by atoms with Crippen LogP contribution in [-0.2, 0) is 20.9 Å². The van der Waals surface area contributed by atoms with Crippen molar-refractivity contribution in [3.63, 3.8) is 0 Å². The number of aryl methyl sites for hydroxylation is 1. The van der Waals surface area contributed by atoms with Gasteiger partial charge in [0, 0.05) is 26.1 Å². The molecule has 1 fully saturated rings. The van der Waals surface area contributed by atoms with E-state index in [2.05, 4.69) is 5.32 Å². The molecule has 1 saturated heterocycles. The number of aromatic nitrogens is 1. The van der Waals surface area contributed by atoms with Gasteiger partial charge in [-0.15, -0.1) is 0 Å². The summed E-state index contributed by atoms with van der Waals surface area (Å²) in [5.41, 5.74) is 1.15. The van der Waals surface area contributed by atoms with Gasteiger partial charge in [-0.05, 0) is 25.5 Å². The molecule has 2 aromatic rings. The Bertz CT molecular complexity index is 899. The average molecular weight is 361 g/mol. The molecule has 9 heteroatoms. The van der Waals surface area contributed by atoms with Gasteiger partial charge >= 0.3 is 17.8 Å². The number of esters is 1. The lowest BCUT2D eigenvalue weighted by atomic mass is 10.3. The summed E-state index contributed by atoms with van der Waals surface area (Å²) >= 11 is 0. The first-order valence-corrected chi connectivity index (χ1v) is 8.34. The number of ether oxygens (including phenoxy) is 1. The molecule has 0 bridgehead atoms. The lowest BCUT2D eigenvalue weighted by Crippen LogP contribution is -2.41. The number of hydrogen-bond acceptors (Lipinski definition) is 6. The van der Waals surface area contributed by atoms with E-state index in [4.69, 9.17) is 9.15 Å². The standard InChI is InChI=1S/C17H19N3O6/c1-11(15(22)20-10-8-18-16(20)23)25-14(21)7-4-9-19-12-5-2-3-6-13(12)26-17(19)24/h2-3,5-6,11H,4,7-10H2,1H3,(H,18,23). The van der Waals surface area contributed by atoms with Crippen LogP contribution in [-0.4, -0.2) is 46.6 Å². The molecule has 1 aromatic heterocycles. The molecule has 2 heterocycles. The third kappa shape index (κ3) is 3.61. The Balaban J connectivity index is 1.51. The fourth-order valence-corrected chi connectivity index (χ4v) is 2.82. The van der Waals surface area contributed by atoms with Gasteiger partial charge in [0.2, 0.25) is 0 Å². The highest BCUT2D eigenvalue weighted by molar-refractivity contribution is 5.98. The number of fused-ring (bicyclic) bond motifs is 1. The molecule has 0 aliphatic carbocycles. The maximum absolute atomic E-state index is 12.1. The van der Waals surface area contributed by atoms with Gasteiger partial charge in [-0.2, -0.15) is 0 Å². The molecule has 1 aliphatic heterocycles. The quantitative estimate of drug-likeness (QED) is 0.764. The molecular formula is C17H19N3O6. The van der Waals surface area contributed by atoms with Crippen LogP contribution in [0.1, 0.15) is 19.8 Å². The number of hydrogen-bond donors (Lipinski definition) is 1. The molecule has 1 unspecified atom stereocenters. The molecular weight excluding hydrogens is 342 g/mol. The van der Waals surface area contributed by atoms with Gasteiger partial charge < -0.3 is 14.5 Å². The van der Waals surface area contributed by atoms with Gasteiger partial charge in [0.25, 0.3) is 5.91 Å². The summed E-state index contributed by atoms with van der Waals surface area (Å²) < 4.78 is 11.7. The van der Waals surface area contributed by atoms with Crippen molar-refractivity contribution in [3.8, 4) is 0 Å². The number of oxazole rings is 1. The van der Waals surface area contributed by atoms with Crippen molar-refractivity contribution in [2.75, 3.05) is 13.1 Å². The summed E-state index contributed by atoms with van der Waals surface area (Å²) in [4.78, 5) is 48.3. The van der Waals surface area contributed by atoms with Crippen molar-refractivity contribution >= 4 is 29.0 Å². The van der Waals surface area contributed by atoms with Gasteiger partial charge in [-0.25, -0.2) is 9.59 Å². The first-order valence-electron chi connectivity index (χ1n) is 8.34. The van der Waals surface area contributed by atoms with Crippen molar-refractivity contribution in [1.82, 2.24) is 14.8 Å². The number of para-hydroxylation sites is 2. The zero-order chi connectivity index (χ0) is 18.7. The number of carbonyl (C=O) groups is 3. The van der Waals surface area contributed by atoms with E-state index in [0.717, 1.165) is 4.90 Å². The van der Waals surface area contributed by atoms with Crippen LogP contribution in [0.3, 0.4) is 0 Å². The maximum atomic E-state index is 12.1. The molecule has 26 heavy (non-hydrogen) atoms. The minimum atomic E-state index is -1.04. The number of nitrogens with one attached hydrogen (secondary N) is 1. The second-order valence-corrected chi connectivity index (χ2v) is 5.94. The second-order valence-electron chi connectivity index (χ2n) is 5.94. The van der Waals surface area contributed by atoms with Gasteiger partial charge in [-0.3, -0.25) is 19.1 Å². The van der Waals surface area contributed by atoms with Crippen molar-refractivity contribution in [3.05, 3.63) is 34.8 Å². The lowest BCUT2D eigenvalue weighted by molar-refractivity contribution is -0.157. The predicted octanol–water partition coefficient (Wildman–Crippen LogP) is 0.858. The topological polar surface area (TPSA) is 111 Å². The molecule has 1 atom stereocenters. The van der Waals surface area contributed by atoms with Crippen molar-refractivity contribution in [2.24, 2.45) is 0 Å². The van der Waals surface area contributed by atoms with E-state index >= 15 is 0 Å². The molecule has 0 saturated carbocycles. The van der Waals surface area contributed by atoms with Crippen LogP contribution in [0.25, 0.3) is 11.1 Å². The van der Waals surface area contributed by atoms with Crippen LogP contribution in [0, 0.1) is 0 Å². The van der Waals surface area contributed by atoms with Gasteiger partial charge in [0.1, 0.15) is 0 Å². The van der Waals surface area contributed by atoms with Crippen LogP contribution < -0.4 is 11.1 Å². The number of urea groups is 1. The Labute approximate surface area is 148 Å². The number of imide groups is 1. The van der Waals surface area contributed by atoms with Crippen LogP contribution in [0.5, 0.6) is 0 Å². The Kier molecular flexibility index (Phi) is 5.06. The summed E-state index contributed by atoms with van der Waals surface area (Å²) in [6, 6.07) is 6.55. The number of rotatable bonds is 6. The van der Waals surface area contributed by atoms with Crippen LogP contribution in [0.15, 0.2) is 33.5 Å². The first-order chi connectivity index (χ1) is 12.5. The largest absolute Gasteiger partial charge is 0.453 e. The van der Waals surface area contributed by atoms with Gasteiger partial charge in [0.05, 0.1) is 5.52 Å². The highest BCUT2D eigenvalue weighted by Crippen LogP contribution is 2.13. The fourth-order valence-electron chi connectivity index (χ4n) is 2.82. The van der Waals surface area contributed by atoms with E-state index in [-0.39, 0.29) is 13.0 Å². The molecule has 1 aromatic carbocycles. The number of carbonyl (C=O) groups excluding carboxylic acids is 3. The van der Waals surface area contributed by atoms with E-state index in [9.17, 15) is 19.2 Å².